The number of nitrogens with one attached hydrogen (secondary N) is 1. The number of aliphatic carboxylic acids is 1. The number of para-hydroxylation sites is 1. The van der Waals surface area contributed by atoms with Gasteiger partial charge in [-0.15, -0.1) is 0 Å². The van der Waals surface area contributed by atoms with Crippen molar-refractivity contribution in [1.82, 2.24) is 5.32 Å². The number of amides is 1. The molecule has 20 heavy (non-hydrogen) atoms. The van der Waals surface area contributed by atoms with E-state index >= 15 is 0 Å². The lowest BCUT2D eigenvalue weighted by atomic mass is 10.0. The lowest BCUT2D eigenvalue weighted by molar-refractivity contribution is -0.385. The van der Waals surface area contributed by atoms with Crippen LogP contribution < -0.4 is 5.32 Å². The first-order chi connectivity index (χ1) is 9.32. The van der Waals surface area contributed by atoms with E-state index in [-0.39, 0.29) is 23.6 Å². The minimum atomic E-state index is -1.13. The molecule has 1 amide bonds. The van der Waals surface area contributed by atoms with E-state index in [0.29, 0.717) is 0 Å². The van der Waals surface area contributed by atoms with Crippen molar-refractivity contribution in [2.24, 2.45) is 5.92 Å². The molecule has 7 nitrogen and oxygen atoms in total. The van der Waals surface area contributed by atoms with Crippen molar-refractivity contribution in [2.75, 3.05) is 0 Å². The SMILES string of the molecule is CC(C)C(NC(=O)Cc1ccccc1[N+](=O)[O-])C(=O)O. The van der Waals surface area contributed by atoms with Crippen LogP contribution in [-0.2, 0) is 16.0 Å². The largest absolute Gasteiger partial charge is 0.480 e. The van der Waals surface area contributed by atoms with E-state index in [2.05, 4.69) is 5.32 Å². The number of hydrogen-bond donors (Lipinski definition) is 2. The van der Waals surface area contributed by atoms with Gasteiger partial charge in [-0.25, -0.2) is 4.79 Å². The van der Waals surface area contributed by atoms with Crippen molar-refractivity contribution in [3.63, 3.8) is 0 Å². The van der Waals surface area contributed by atoms with Crippen molar-refractivity contribution in [2.45, 2.75) is 26.3 Å². The third kappa shape index (κ3) is 4.04. The molecule has 1 atom stereocenters. The third-order valence-electron chi connectivity index (χ3n) is 2.79. The zero-order chi connectivity index (χ0) is 15.3. The first-order valence-electron chi connectivity index (χ1n) is 6.07. The monoisotopic (exact) mass is 280 g/mol. The Labute approximate surface area is 115 Å². The number of rotatable bonds is 6. The number of carbonyl (C=O) groups is 2. The molecule has 0 heterocycles. The van der Waals surface area contributed by atoms with E-state index in [0.717, 1.165) is 0 Å². The Morgan fingerprint density at radius 2 is 1.95 bits per heavy atom. The number of nitro groups is 1. The molecular weight excluding hydrogens is 264 g/mol. The number of carboxylic acid groups (broad SMARTS) is 1. The first kappa shape index (κ1) is 15.6. The molecule has 1 rings (SSSR count). The molecule has 0 fully saturated rings. The summed E-state index contributed by atoms with van der Waals surface area (Å²) >= 11 is 0. The summed E-state index contributed by atoms with van der Waals surface area (Å²) in [5.41, 5.74) is 0.0990. The van der Waals surface area contributed by atoms with Gasteiger partial charge >= 0.3 is 5.97 Å². The fourth-order valence-electron chi connectivity index (χ4n) is 1.75. The molecule has 0 radical (unpaired) electrons. The molecule has 2 N–H and O–H groups in total. The number of nitro benzene ring substituents is 1. The average Bonchev–Trinajstić information content (AvgIpc) is 2.35. The van der Waals surface area contributed by atoms with Crippen LogP contribution >= 0.6 is 0 Å². The summed E-state index contributed by atoms with van der Waals surface area (Å²) in [5, 5.41) is 22.2. The summed E-state index contributed by atoms with van der Waals surface area (Å²) in [6.07, 6.45) is -0.229. The van der Waals surface area contributed by atoms with Crippen LogP contribution in [0.15, 0.2) is 24.3 Å². The van der Waals surface area contributed by atoms with Gasteiger partial charge in [-0.2, -0.15) is 0 Å². The Balaban J connectivity index is 2.81. The van der Waals surface area contributed by atoms with Crippen molar-refractivity contribution in [3.8, 4) is 0 Å². The summed E-state index contributed by atoms with van der Waals surface area (Å²) in [4.78, 5) is 33.0. The van der Waals surface area contributed by atoms with Gasteiger partial charge in [0.2, 0.25) is 5.91 Å². The molecule has 1 aromatic rings. The van der Waals surface area contributed by atoms with E-state index in [4.69, 9.17) is 5.11 Å². The Bertz CT molecular complexity index is 527. The maximum Gasteiger partial charge on any atom is 0.326 e. The van der Waals surface area contributed by atoms with Crippen molar-refractivity contribution in [3.05, 3.63) is 39.9 Å². The molecule has 0 aromatic heterocycles. The fourth-order valence-corrected chi connectivity index (χ4v) is 1.75. The molecular formula is C13H16N2O5. The maximum absolute atomic E-state index is 11.8. The van der Waals surface area contributed by atoms with E-state index in [1.165, 1.54) is 18.2 Å². The van der Waals surface area contributed by atoms with Gasteiger partial charge < -0.3 is 10.4 Å². The van der Waals surface area contributed by atoms with Crippen LogP contribution in [0.25, 0.3) is 0 Å². The van der Waals surface area contributed by atoms with Gasteiger partial charge in [0.25, 0.3) is 5.69 Å². The Kier molecular flexibility index (Phi) is 5.19. The quantitative estimate of drug-likeness (QED) is 0.604. The van der Waals surface area contributed by atoms with Crippen LogP contribution in [0.4, 0.5) is 5.69 Å². The molecule has 7 heteroatoms. The first-order valence-corrected chi connectivity index (χ1v) is 6.07. The van der Waals surface area contributed by atoms with Crippen molar-refractivity contribution >= 4 is 17.6 Å². The number of nitrogens with zero attached hydrogens (tertiary/aromatic N) is 1. The third-order valence-corrected chi connectivity index (χ3v) is 2.79. The van der Waals surface area contributed by atoms with Gasteiger partial charge in [0, 0.05) is 11.6 Å². The van der Waals surface area contributed by atoms with Gasteiger partial charge in [-0.1, -0.05) is 32.0 Å². The minimum Gasteiger partial charge on any atom is -0.480 e. The Morgan fingerprint density at radius 1 is 1.35 bits per heavy atom. The van der Waals surface area contributed by atoms with E-state index in [1.54, 1.807) is 19.9 Å². The molecule has 1 unspecified atom stereocenters. The molecule has 0 spiro atoms. The maximum atomic E-state index is 11.8. The van der Waals surface area contributed by atoms with Crippen LogP contribution in [0, 0.1) is 16.0 Å². The molecule has 0 saturated heterocycles. The summed E-state index contributed by atoms with van der Waals surface area (Å²) in [6, 6.07) is 4.87. The topological polar surface area (TPSA) is 110 Å². The minimum absolute atomic E-state index is 0.154. The highest BCUT2D eigenvalue weighted by Gasteiger charge is 2.24. The van der Waals surface area contributed by atoms with E-state index in [1.807, 2.05) is 0 Å². The van der Waals surface area contributed by atoms with Crippen LogP contribution in [0.2, 0.25) is 0 Å². The van der Waals surface area contributed by atoms with E-state index < -0.39 is 22.8 Å². The van der Waals surface area contributed by atoms with Gasteiger partial charge in [-0.05, 0) is 5.92 Å². The Morgan fingerprint density at radius 3 is 2.45 bits per heavy atom. The number of hydrogen-bond acceptors (Lipinski definition) is 4. The lowest BCUT2D eigenvalue weighted by Gasteiger charge is -2.17. The summed E-state index contributed by atoms with van der Waals surface area (Å²) < 4.78 is 0. The van der Waals surface area contributed by atoms with Gasteiger partial charge in [0.15, 0.2) is 0 Å². The normalized spacial score (nSPS) is 11.9. The Hall–Kier alpha value is -2.44. The number of carboxylic acids is 1. The van der Waals surface area contributed by atoms with Crippen molar-refractivity contribution in [1.29, 1.82) is 0 Å². The van der Waals surface area contributed by atoms with Crippen molar-refractivity contribution < 1.29 is 19.6 Å². The van der Waals surface area contributed by atoms with Crippen LogP contribution in [0.5, 0.6) is 0 Å². The molecule has 0 aliphatic rings. The molecule has 0 saturated carbocycles. The summed E-state index contributed by atoms with van der Waals surface area (Å²) in [5.74, 6) is -1.96. The average molecular weight is 280 g/mol. The standard InChI is InChI=1S/C13H16N2O5/c1-8(2)12(13(17)18)14-11(16)7-9-5-3-4-6-10(9)15(19)20/h3-6,8,12H,7H2,1-2H3,(H,14,16)(H,17,18). The summed E-state index contributed by atoms with van der Waals surface area (Å²) in [7, 11) is 0. The molecule has 0 aliphatic heterocycles. The second-order valence-electron chi connectivity index (χ2n) is 4.69. The molecule has 1 aromatic carbocycles. The zero-order valence-electron chi connectivity index (χ0n) is 11.2. The molecule has 0 bridgehead atoms. The molecule has 0 aliphatic carbocycles. The predicted molar refractivity (Wildman–Crippen MR) is 71.2 cm³/mol. The van der Waals surface area contributed by atoms with Crippen LogP contribution in [-0.4, -0.2) is 27.9 Å². The second-order valence-corrected chi connectivity index (χ2v) is 4.69. The van der Waals surface area contributed by atoms with E-state index in [9.17, 15) is 19.7 Å². The lowest BCUT2D eigenvalue weighted by Crippen LogP contribution is -2.44. The summed E-state index contributed by atoms with van der Waals surface area (Å²) in [6.45, 7) is 3.34. The van der Waals surface area contributed by atoms with Gasteiger partial charge in [0.1, 0.15) is 6.04 Å². The predicted octanol–water partition coefficient (Wildman–Crippen LogP) is 1.36. The number of carbonyl (C=O) groups excluding carboxylic acids is 1. The van der Waals surface area contributed by atoms with Crippen LogP contribution in [0.1, 0.15) is 19.4 Å². The fraction of sp³-hybridized carbons (Fsp3) is 0.385. The highest BCUT2D eigenvalue weighted by atomic mass is 16.6. The van der Waals surface area contributed by atoms with Crippen LogP contribution in [0.3, 0.4) is 0 Å². The number of benzene rings is 1. The van der Waals surface area contributed by atoms with Gasteiger partial charge in [0.05, 0.1) is 11.3 Å². The smallest absolute Gasteiger partial charge is 0.326 e. The zero-order valence-corrected chi connectivity index (χ0v) is 11.2. The second kappa shape index (κ2) is 6.65. The molecule has 108 valence electrons. The highest BCUT2D eigenvalue weighted by molar-refractivity contribution is 5.85. The van der Waals surface area contributed by atoms with Gasteiger partial charge in [-0.3, -0.25) is 14.9 Å². The highest BCUT2D eigenvalue weighted by Crippen LogP contribution is 2.18.